The van der Waals surface area contributed by atoms with Gasteiger partial charge in [-0.3, -0.25) is 14.6 Å². The van der Waals surface area contributed by atoms with Crippen molar-refractivity contribution in [2.75, 3.05) is 26.9 Å². The van der Waals surface area contributed by atoms with Crippen molar-refractivity contribution in [3.05, 3.63) is 65.0 Å². The average molecular weight is 380 g/mol. The molecule has 2 aliphatic rings. The van der Waals surface area contributed by atoms with Gasteiger partial charge in [0.15, 0.2) is 0 Å². The molecule has 4 rings (SSSR count). The molecule has 1 saturated heterocycles. The van der Waals surface area contributed by atoms with E-state index in [2.05, 4.69) is 4.98 Å². The number of nitrogens with zero attached hydrogens (tertiary/aromatic N) is 2. The predicted molar refractivity (Wildman–Crippen MR) is 101 cm³/mol. The van der Waals surface area contributed by atoms with E-state index in [4.69, 9.17) is 9.47 Å². The Morgan fingerprint density at radius 3 is 2.82 bits per heavy atom. The number of pyridine rings is 1. The maximum Gasteiger partial charge on any atom is 0.295 e. The summed E-state index contributed by atoms with van der Waals surface area (Å²) in [5.74, 6) is -0.755. The number of rotatable bonds is 5. The number of hydrogen-bond acceptors (Lipinski definition) is 6. The van der Waals surface area contributed by atoms with Crippen LogP contribution in [-0.2, 0) is 20.7 Å². The van der Waals surface area contributed by atoms with Gasteiger partial charge in [-0.15, -0.1) is 0 Å². The summed E-state index contributed by atoms with van der Waals surface area (Å²) in [5.41, 5.74) is 2.24. The van der Waals surface area contributed by atoms with Gasteiger partial charge in [0.1, 0.15) is 11.5 Å². The number of benzene rings is 1. The van der Waals surface area contributed by atoms with Gasteiger partial charge < -0.3 is 19.5 Å². The minimum absolute atomic E-state index is 0.0752. The molecule has 1 aromatic heterocycles. The standard InChI is InChI=1S/C21H20N2O5/c1-27-11-9-23-18(13-4-7-22-8-5-13)17(20(25)21(23)26)19(24)15-2-3-16-14(12-15)6-10-28-16/h2-5,7-8,12,18,24H,6,9-11H2,1H3/b19-17-. The van der Waals surface area contributed by atoms with E-state index in [9.17, 15) is 14.7 Å². The molecule has 2 aromatic rings. The number of aliphatic hydroxyl groups is 1. The second kappa shape index (κ2) is 7.44. The van der Waals surface area contributed by atoms with Gasteiger partial charge in [-0.25, -0.2) is 0 Å². The van der Waals surface area contributed by atoms with E-state index in [1.165, 1.54) is 12.0 Å². The summed E-state index contributed by atoms with van der Waals surface area (Å²) in [6.07, 6.45) is 3.93. The summed E-state index contributed by atoms with van der Waals surface area (Å²) in [4.78, 5) is 30.9. The number of ketones is 1. The number of Topliss-reactive ketones (excluding diaryl/α,β-unsaturated/α-hetero) is 1. The Kier molecular flexibility index (Phi) is 4.83. The first kappa shape index (κ1) is 18.2. The molecule has 7 heteroatoms. The van der Waals surface area contributed by atoms with Crippen LogP contribution in [0.15, 0.2) is 48.3 Å². The van der Waals surface area contributed by atoms with E-state index >= 15 is 0 Å². The van der Waals surface area contributed by atoms with Crippen LogP contribution in [0, 0.1) is 0 Å². The summed E-state index contributed by atoms with van der Waals surface area (Å²) in [6, 6.07) is 8.07. The number of aliphatic hydroxyl groups excluding tert-OH is 1. The van der Waals surface area contributed by atoms with Crippen LogP contribution in [0.5, 0.6) is 5.75 Å². The lowest BCUT2D eigenvalue weighted by Crippen LogP contribution is -2.32. The predicted octanol–water partition coefficient (Wildman–Crippen LogP) is 2.08. The number of methoxy groups -OCH3 is 1. The Morgan fingerprint density at radius 2 is 2.07 bits per heavy atom. The number of fused-ring (bicyclic) bond motifs is 1. The zero-order valence-corrected chi connectivity index (χ0v) is 15.4. The normalized spacial score (nSPS) is 20.3. The molecule has 28 heavy (non-hydrogen) atoms. The van der Waals surface area contributed by atoms with E-state index in [-0.39, 0.29) is 24.5 Å². The second-order valence-electron chi connectivity index (χ2n) is 6.69. The van der Waals surface area contributed by atoms with Crippen molar-refractivity contribution in [1.82, 2.24) is 9.88 Å². The number of hydrogen-bond donors (Lipinski definition) is 1. The molecular formula is C21H20N2O5. The van der Waals surface area contributed by atoms with E-state index in [0.29, 0.717) is 17.7 Å². The Balaban J connectivity index is 1.83. The van der Waals surface area contributed by atoms with Crippen molar-refractivity contribution in [3.8, 4) is 5.75 Å². The van der Waals surface area contributed by atoms with E-state index in [1.807, 2.05) is 6.07 Å². The summed E-state index contributed by atoms with van der Waals surface area (Å²) < 4.78 is 10.6. The molecule has 1 aromatic carbocycles. The molecule has 0 aliphatic carbocycles. The van der Waals surface area contributed by atoms with Crippen LogP contribution in [0.1, 0.15) is 22.7 Å². The van der Waals surface area contributed by atoms with Crippen LogP contribution in [0.2, 0.25) is 0 Å². The summed E-state index contributed by atoms with van der Waals surface area (Å²) in [7, 11) is 1.53. The smallest absolute Gasteiger partial charge is 0.295 e. The minimum Gasteiger partial charge on any atom is -0.507 e. The highest BCUT2D eigenvalue weighted by atomic mass is 16.5. The number of likely N-dealkylation sites (tertiary alicyclic amines) is 1. The third kappa shape index (κ3) is 3.03. The van der Waals surface area contributed by atoms with Gasteiger partial charge in [0, 0.05) is 38.0 Å². The SMILES string of the molecule is COCCN1C(=O)C(=O)/C(=C(\O)c2ccc3c(c2)CCO3)C1c1ccncc1. The molecule has 1 fully saturated rings. The second-order valence-corrected chi connectivity index (χ2v) is 6.69. The van der Waals surface area contributed by atoms with Gasteiger partial charge in [0.05, 0.1) is 24.8 Å². The molecule has 0 bridgehead atoms. The number of carbonyl (C=O) groups is 2. The van der Waals surface area contributed by atoms with Gasteiger partial charge in [-0.05, 0) is 41.5 Å². The minimum atomic E-state index is -0.702. The quantitative estimate of drug-likeness (QED) is 0.485. The Morgan fingerprint density at radius 1 is 1.29 bits per heavy atom. The number of carbonyl (C=O) groups excluding carboxylic acids is 2. The first-order valence-corrected chi connectivity index (χ1v) is 9.05. The molecule has 1 atom stereocenters. The van der Waals surface area contributed by atoms with Crippen molar-refractivity contribution in [2.45, 2.75) is 12.5 Å². The highest BCUT2D eigenvalue weighted by Crippen LogP contribution is 2.39. The molecule has 0 saturated carbocycles. The Labute approximate surface area is 162 Å². The summed E-state index contributed by atoms with van der Waals surface area (Å²) in [5, 5.41) is 11.0. The monoisotopic (exact) mass is 380 g/mol. The van der Waals surface area contributed by atoms with Crippen LogP contribution >= 0.6 is 0 Å². The molecule has 3 heterocycles. The lowest BCUT2D eigenvalue weighted by atomic mass is 9.95. The Hall–Kier alpha value is -3.19. The lowest BCUT2D eigenvalue weighted by Gasteiger charge is -2.24. The van der Waals surface area contributed by atoms with Crippen LogP contribution < -0.4 is 4.74 Å². The number of aromatic nitrogens is 1. The molecule has 0 radical (unpaired) electrons. The molecular weight excluding hydrogens is 360 g/mol. The molecule has 7 nitrogen and oxygen atoms in total. The molecule has 0 spiro atoms. The van der Waals surface area contributed by atoms with Gasteiger partial charge in [0.25, 0.3) is 11.7 Å². The van der Waals surface area contributed by atoms with Crippen LogP contribution in [0.3, 0.4) is 0 Å². The average Bonchev–Trinajstić information content (AvgIpc) is 3.29. The largest absolute Gasteiger partial charge is 0.507 e. The van der Waals surface area contributed by atoms with E-state index < -0.39 is 17.7 Å². The third-order valence-electron chi connectivity index (χ3n) is 5.06. The van der Waals surface area contributed by atoms with E-state index in [1.54, 1.807) is 36.7 Å². The van der Waals surface area contributed by atoms with Gasteiger partial charge in [0.2, 0.25) is 0 Å². The first-order chi connectivity index (χ1) is 13.6. The lowest BCUT2D eigenvalue weighted by molar-refractivity contribution is -0.140. The van der Waals surface area contributed by atoms with Crippen LogP contribution in [-0.4, -0.2) is 53.5 Å². The zero-order chi connectivity index (χ0) is 19.7. The number of amides is 1. The molecule has 1 amide bonds. The van der Waals surface area contributed by atoms with Crippen molar-refractivity contribution in [1.29, 1.82) is 0 Å². The highest BCUT2D eigenvalue weighted by Gasteiger charge is 2.45. The van der Waals surface area contributed by atoms with E-state index in [0.717, 1.165) is 17.7 Å². The fourth-order valence-electron chi connectivity index (χ4n) is 3.68. The van der Waals surface area contributed by atoms with Crippen molar-refractivity contribution < 1.29 is 24.2 Å². The summed E-state index contributed by atoms with van der Waals surface area (Å²) in [6.45, 7) is 1.12. The van der Waals surface area contributed by atoms with Gasteiger partial charge >= 0.3 is 0 Å². The number of ether oxygens (including phenoxy) is 2. The topological polar surface area (TPSA) is 89.0 Å². The summed E-state index contributed by atoms with van der Waals surface area (Å²) >= 11 is 0. The fourth-order valence-corrected chi connectivity index (χ4v) is 3.68. The first-order valence-electron chi connectivity index (χ1n) is 9.05. The van der Waals surface area contributed by atoms with Gasteiger partial charge in [-0.1, -0.05) is 0 Å². The van der Waals surface area contributed by atoms with Crippen molar-refractivity contribution in [2.24, 2.45) is 0 Å². The fraction of sp³-hybridized carbons (Fsp3) is 0.286. The molecule has 1 unspecified atom stereocenters. The van der Waals surface area contributed by atoms with Gasteiger partial charge in [-0.2, -0.15) is 0 Å². The molecule has 2 aliphatic heterocycles. The zero-order valence-electron chi connectivity index (χ0n) is 15.4. The molecule has 1 N–H and O–H groups in total. The maximum atomic E-state index is 12.8. The van der Waals surface area contributed by atoms with Crippen molar-refractivity contribution >= 4 is 17.4 Å². The van der Waals surface area contributed by atoms with Crippen molar-refractivity contribution in [3.63, 3.8) is 0 Å². The maximum absolute atomic E-state index is 12.8. The van der Waals surface area contributed by atoms with Crippen LogP contribution in [0.25, 0.3) is 5.76 Å². The third-order valence-corrected chi connectivity index (χ3v) is 5.06. The van der Waals surface area contributed by atoms with Crippen LogP contribution in [0.4, 0.5) is 0 Å². The molecule has 144 valence electrons. The Bertz CT molecular complexity index is 955. The highest BCUT2D eigenvalue weighted by molar-refractivity contribution is 6.46.